The van der Waals surface area contributed by atoms with Crippen molar-refractivity contribution in [2.75, 3.05) is 25.0 Å². The van der Waals surface area contributed by atoms with Crippen LogP contribution in [0.2, 0.25) is 0 Å². The van der Waals surface area contributed by atoms with Gasteiger partial charge in [0, 0.05) is 24.8 Å². The number of hydrogen-bond acceptors (Lipinski definition) is 2. The summed E-state index contributed by atoms with van der Waals surface area (Å²) in [7, 11) is 0. The van der Waals surface area contributed by atoms with Crippen LogP contribution in [0.4, 0.5) is 5.69 Å². The fraction of sp³-hybridized carbons (Fsp3) is 0.571. The van der Waals surface area contributed by atoms with Crippen molar-refractivity contribution in [2.24, 2.45) is 0 Å². The van der Waals surface area contributed by atoms with Crippen molar-refractivity contribution in [3.8, 4) is 0 Å². The molecule has 0 bridgehead atoms. The van der Waals surface area contributed by atoms with Gasteiger partial charge in [0.1, 0.15) is 0 Å². The highest BCUT2D eigenvalue weighted by Crippen LogP contribution is 2.09. The zero-order chi connectivity index (χ0) is 12.0. The molecular weight excluding hydrogens is 196 g/mol. The zero-order valence-corrected chi connectivity index (χ0v) is 11.0. The molecule has 0 radical (unpaired) electrons. The van der Waals surface area contributed by atoms with Gasteiger partial charge in [0.2, 0.25) is 0 Å². The molecule has 1 rings (SSSR count). The van der Waals surface area contributed by atoms with E-state index in [1.54, 1.807) is 0 Å². The van der Waals surface area contributed by atoms with Gasteiger partial charge in [-0.05, 0) is 45.0 Å². The van der Waals surface area contributed by atoms with Crippen molar-refractivity contribution in [1.29, 1.82) is 0 Å². The van der Waals surface area contributed by atoms with E-state index in [1.165, 1.54) is 11.3 Å². The molecule has 0 aromatic heterocycles. The van der Waals surface area contributed by atoms with Crippen molar-refractivity contribution in [2.45, 2.75) is 33.7 Å². The van der Waals surface area contributed by atoms with E-state index < -0.39 is 0 Å². The summed E-state index contributed by atoms with van der Waals surface area (Å²) < 4.78 is 0. The Hall–Kier alpha value is -1.02. The van der Waals surface area contributed by atoms with Gasteiger partial charge in [0.05, 0.1) is 0 Å². The molecule has 1 aromatic rings. The molecule has 0 spiro atoms. The summed E-state index contributed by atoms with van der Waals surface area (Å²) in [4.78, 5) is 2.46. The van der Waals surface area contributed by atoms with Gasteiger partial charge in [-0.2, -0.15) is 0 Å². The van der Waals surface area contributed by atoms with Crippen LogP contribution in [0.25, 0.3) is 0 Å². The Morgan fingerprint density at radius 3 is 2.62 bits per heavy atom. The van der Waals surface area contributed by atoms with E-state index in [0.717, 1.165) is 19.6 Å². The van der Waals surface area contributed by atoms with E-state index in [2.05, 4.69) is 62.2 Å². The van der Waals surface area contributed by atoms with Crippen LogP contribution in [0.15, 0.2) is 24.3 Å². The fourth-order valence-electron chi connectivity index (χ4n) is 1.88. The molecule has 0 aliphatic carbocycles. The summed E-state index contributed by atoms with van der Waals surface area (Å²) in [5.41, 5.74) is 2.53. The van der Waals surface area contributed by atoms with Crippen LogP contribution >= 0.6 is 0 Å². The van der Waals surface area contributed by atoms with Crippen molar-refractivity contribution in [3.63, 3.8) is 0 Å². The Labute approximate surface area is 99.7 Å². The second-order valence-corrected chi connectivity index (χ2v) is 4.52. The van der Waals surface area contributed by atoms with Crippen LogP contribution in [0.5, 0.6) is 0 Å². The average Bonchev–Trinajstić information content (AvgIpc) is 2.24. The summed E-state index contributed by atoms with van der Waals surface area (Å²) in [5.74, 6) is 0. The van der Waals surface area contributed by atoms with Gasteiger partial charge in [-0.3, -0.25) is 4.90 Å². The third-order valence-electron chi connectivity index (χ3n) is 2.88. The lowest BCUT2D eigenvalue weighted by Crippen LogP contribution is -2.34. The average molecular weight is 220 g/mol. The lowest BCUT2D eigenvalue weighted by atomic mass is 10.2. The van der Waals surface area contributed by atoms with Crippen molar-refractivity contribution >= 4 is 5.69 Å². The molecule has 0 heterocycles. The number of rotatable bonds is 6. The van der Waals surface area contributed by atoms with E-state index in [4.69, 9.17) is 0 Å². The highest BCUT2D eigenvalue weighted by molar-refractivity contribution is 5.45. The minimum absolute atomic E-state index is 0.629. The number of nitrogens with one attached hydrogen (secondary N) is 1. The number of aryl methyl sites for hydroxylation is 1. The van der Waals surface area contributed by atoms with Gasteiger partial charge in [-0.1, -0.05) is 19.1 Å². The minimum Gasteiger partial charge on any atom is -0.384 e. The molecule has 1 N–H and O–H groups in total. The van der Waals surface area contributed by atoms with E-state index in [1.807, 2.05) is 0 Å². The first-order chi connectivity index (χ1) is 7.63. The van der Waals surface area contributed by atoms with Crippen molar-refractivity contribution in [1.82, 2.24) is 4.90 Å². The monoisotopic (exact) mass is 220 g/mol. The molecule has 0 aliphatic rings. The predicted octanol–water partition coefficient (Wildman–Crippen LogP) is 3.14. The molecule has 90 valence electrons. The quantitative estimate of drug-likeness (QED) is 0.792. The van der Waals surface area contributed by atoms with E-state index >= 15 is 0 Å². The molecule has 1 aromatic carbocycles. The lowest BCUT2D eigenvalue weighted by molar-refractivity contribution is 0.243. The topological polar surface area (TPSA) is 15.3 Å². The molecule has 0 saturated carbocycles. The molecule has 2 nitrogen and oxygen atoms in total. The number of anilines is 1. The molecule has 0 aliphatic heterocycles. The summed E-state index contributed by atoms with van der Waals surface area (Å²) in [6.07, 6.45) is 0. The van der Waals surface area contributed by atoms with Gasteiger partial charge in [0.15, 0.2) is 0 Å². The van der Waals surface area contributed by atoms with Crippen molar-refractivity contribution in [3.05, 3.63) is 29.8 Å². The normalized spacial score (nSPS) is 11.1. The maximum atomic E-state index is 3.46. The maximum absolute atomic E-state index is 3.46. The smallest absolute Gasteiger partial charge is 0.0343 e. The SMILES string of the molecule is CCN(CCNc1cccc(C)c1)C(C)C. The molecule has 0 amide bonds. The minimum atomic E-state index is 0.629. The third-order valence-corrected chi connectivity index (χ3v) is 2.88. The van der Waals surface area contributed by atoms with Crippen LogP contribution in [-0.4, -0.2) is 30.6 Å². The van der Waals surface area contributed by atoms with E-state index in [9.17, 15) is 0 Å². The zero-order valence-electron chi connectivity index (χ0n) is 11.0. The van der Waals surface area contributed by atoms with Crippen LogP contribution in [0.3, 0.4) is 0 Å². The van der Waals surface area contributed by atoms with Gasteiger partial charge in [-0.25, -0.2) is 0 Å². The van der Waals surface area contributed by atoms with Crippen LogP contribution in [0, 0.1) is 6.92 Å². The Morgan fingerprint density at radius 2 is 2.06 bits per heavy atom. The maximum Gasteiger partial charge on any atom is 0.0343 e. The molecule has 0 fully saturated rings. The summed E-state index contributed by atoms with van der Waals surface area (Å²) in [6.45, 7) is 12.1. The molecular formula is C14H24N2. The first-order valence-corrected chi connectivity index (χ1v) is 6.18. The van der Waals surface area contributed by atoms with Gasteiger partial charge >= 0.3 is 0 Å². The predicted molar refractivity (Wildman–Crippen MR) is 72.1 cm³/mol. The van der Waals surface area contributed by atoms with Gasteiger partial charge < -0.3 is 5.32 Å². The molecule has 16 heavy (non-hydrogen) atoms. The second kappa shape index (κ2) is 6.54. The number of nitrogens with zero attached hydrogens (tertiary/aromatic N) is 1. The standard InChI is InChI=1S/C14H24N2/c1-5-16(12(2)3)10-9-15-14-8-6-7-13(4)11-14/h6-8,11-12,15H,5,9-10H2,1-4H3. The van der Waals surface area contributed by atoms with Gasteiger partial charge in [0.25, 0.3) is 0 Å². The summed E-state index contributed by atoms with van der Waals surface area (Å²) in [5, 5.41) is 3.46. The highest BCUT2D eigenvalue weighted by atomic mass is 15.2. The van der Waals surface area contributed by atoms with Crippen LogP contribution in [0.1, 0.15) is 26.3 Å². The Morgan fingerprint density at radius 1 is 1.31 bits per heavy atom. The van der Waals surface area contributed by atoms with Crippen LogP contribution in [-0.2, 0) is 0 Å². The van der Waals surface area contributed by atoms with Crippen molar-refractivity contribution < 1.29 is 0 Å². The first kappa shape index (κ1) is 13.0. The molecule has 0 unspecified atom stereocenters. The van der Waals surface area contributed by atoms with E-state index in [-0.39, 0.29) is 0 Å². The fourth-order valence-corrected chi connectivity index (χ4v) is 1.88. The van der Waals surface area contributed by atoms with Crippen LogP contribution < -0.4 is 5.32 Å². The van der Waals surface area contributed by atoms with E-state index in [0.29, 0.717) is 6.04 Å². The number of hydrogen-bond donors (Lipinski definition) is 1. The lowest BCUT2D eigenvalue weighted by Gasteiger charge is -2.24. The number of benzene rings is 1. The molecule has 2 heteroatoms. The molecule has 0 atom stereocenters. The Balaban J connectivity index is 2.35. The second-order valence-electron chi connectivity index (χ2n) is 4.52. The summed E-state index contributed by atoms with van der Waals surface area (Å²) in [6, 6.07) is 9.16. The molecule has 0 saturated heterocycles. The van der Waals surface area contributed by atoms with Gasteiger partial charge in [-0.15, -0.1) is 0 Å². The number of likely N-dealkylation sites (N-methyl/N-ethyl adjacent to an activating group) is 1. The summed E-state index contributed by atoms with van der Waals surface area (Å²) >= 11 is 0. The Kier molecular flexibility index (Phi) is 5.33. The third kappa shape index (κ3) is 4.23. The first-order valence-electron chi connectivity index (χ1n) is 6.18. The highest BCUT2D eigenvalue weighted by Gasteiger charge is 2.05. The Bertz CT molecular complexity index is 307. The largest absolute Gasteiger partial charge is 0.384 e.